The van der Waals surface area contributed by atoms with E-state index in [1.54, 1.807) is 0 Å². The quantitative estimate of drug-likeness (QED) is 0.645. The van der Waals surface area contributed by atoms with Crippen molar-refractivity contribution >= 4 is 11.4 Å². The zero-order valence-electron chi connectivity index (χ0n) is 17.6. The van der Waals surface area contributed by atoms with Crippen molar-refractivity contribution in [2.45, 2.75) is 38.5 Å². The van der Waals surface area contributed by atoms with Gasteiger partial charge in [-0.1, -0.05) is 30.3 Å². The van der Waals surface area contributed by atoms with Gasteiger partial charge in [0.15, 0.2) is 5.82 Å². The molecule has 156 valence electrons. The molecule has 2 aliphatic rings. The Morgan fingerprint density at radius 1 is 0.967 bits per heavy atom. The molecule has 1 saturated heterocycles. The lowest BCUT2D eigenvalue weighted by molar-refractivity contribution is 0.101. The molecule has 3 heterocycles. The van der Waals surface area contributed by atoms with Crippen LogP contribution in [0.2, 0.25) is 0 Å². The lowest BCUT2D eigenvalue weighted by Crippen LogP contribution is -2.27. The van der Waals surface area contributed by atoms with Crippen molar-refractivity contribution in [3.63, 3.8) is 0 Å². The summed E-state index contributed by atoms with van der Waals surface area (Å²) in [6, 6.07) is 19.4. The van der Waals surface area contributed by atoms with E-state index in [-0.39, 0.29) is 6.10 Å². The van der Waals surface area contributed by atoms with Gasteiger partial charge < -0.3 is 14.2 Å². The lowest BCUT2D eigenvalue weighted by Gasteiger charge is -2.22. The highest BCUT2D eigenvalue weighted by Crippen LogP contribution is 2.28. The molecule has 5 rings (SSSR count). The first-order chi connectivity index (χ1) is 14.8. The van der Waals surface area contributed by atoms with E-state index in [1.807, 2.05) is 6.07 Å². The third-order valence-corrected chi connectivity index (χ3v) is 6.24. The number of rotatable bonds is 5. The topological polar surface area (TPSA) is 46.4 Å². The fraction of sp³-hybridized carbons (Fsp3) is 0.417. The summed E-state index contributed by atoms with van der Waals surface area (Å²) in [7, 11) is 2.11. The minimum absolute atomic E-state index is 0.131. The number of fused-ring (bicyclic) bond motifs is 1. The highest BCUT2D eigenvalue weighted by Gasteiger charge is 2.27. The first kappa shape index (κ1) is 19.3. The number of hydrogen-bond donors (Lipinski definition) is 0. The van der Waals surface area contributed by atoms with E-state index in [4.69, 9.17) is 4.74 Å². The van der Waals surface area contributed by atoms with E-state index >= 15 is 0 Å². The number of hydrogen-bond acceptors (Lipinski definition) is 5. The van der Waals surface area contributed by atoms with Crippen LogP contribution >= 0.6 is 0 Å². The van der Waals surface area contributed by atoms with Gasteiger partial charge in [-0.05, 0) is 42.7 Å². The molecule has 6 heteroatoms. The molecule has 0 unspecified atom stereocenters. The van der Waals surface area contributed by atoms with Crippen LogP contribution in [0, 0.1) is 0 Å². The van der Waals surface area contributed by atoms with E-state index in [0.717, 1.165) is 63.7 Å². The van der Waals surface area contributed by atoms with Crippen LogP contribution in [0.4, 0.5) is 11.4 Å². The van der Waals surface area contributed by atoms with Crippen LogP contribution in [0.3, 0.4) is 0 Å². The largest absolute Gasteiger partial charge is 0.370 e. The van der Waals surface area contributed by atoms with Crippen molar-refractivity contribution in [1.82, 2.24) is 19.7 Å². The maximum Gasteiger partial charge on any atom is 0.162 e. The molecule has 1 fully saturated rings. The maximum atomic E-state index is 5.85. The van der Waals surface area contributed by atoms with Crippen molar-refractivity contribution in [2.24, 2.45) is 0 Å². The summed E-state index contributed by atoms with van der Waals surface area (Å²) in [5.74, 6) is 2.13. The Morgan fingerprint density at radius 2 is 1.77 bits per heavy atom. The van der Waals surface area contributed by atoms with E-state index < -0.39 is 0 Å². The van der Waals surface area contributed by atoms with E-state index in [9.17, 15) is 0 Å². The van der Waals surface area contributed by atoms with E-state index in [2.05, 4.69) is 80.1 Å². The molecule has 6 nitrogen and oxygen atoms in total. The van der Waals surface area contributed by atoms with E-state index in [0.29, 0.717) is 0 Å². The summed E-state index contributed by atoms with van der Waals surface area (Å²) < 4.78 is 8.15. The number of anilines is 2. The molecule has 0 spiro atoms. The SMILES string of the molecule is CN(c1ccccc1)c1ccc(CN2CCc3nnc([C@H]4CCCO4)n3CC2)cc1. The molecule has 2 aliphatic heterocycles. The predicted molar refractivity (Wildman–Crippen MR) is 118 cm³/mol. The number of benzene rings is 2. The first-order valence-corrected chi connectivity index (χ1v) is 10.9. The molecule has 30 heavy (non-hydrogen) atoms. The standard InChI is InChI=1S/C24H29N5O/c1-27(20-6-3-2-4-7-20)21-11-9-19(10-12-21)18-28-14-13-23-25-26-24(29(23)16-15-28)22-8-5-17-30-22/h2-4,6-7,9-12,22H,5,8,13-18H2,1H3/t22-/m1/s1. The van der Waals surface area contributed by atoms with Gasteiger partial charge in [0.25, 0.3) is 0 Å². The summed E-state index contributed by atoms with van der Waals surface area (Å²) in [6.07, 6.45) is 3.25. The molecule has 0 saturated carbocycles. The van der Waals surface area contributed by atoms with Crippen LogP contribution in [-0.4, -0.2) is 46.4 Å². The zero-order chi connectivity index (χ0) is 20.3. The molecule has 1 aromatic heterocycles. The summed E-state index contributed by atoms with van der Waals surface area (Å²) in [5.41, 5.74) is 3.74. The predicted octanol–water partition coefficient (Wildman–Crippen LogP) is 3.96. The van der Waals surface area contributed by atoms with Gasteiger partial charge in [-0.25, -0.2) is 0 Å². The van der Waals surface area contributed by atoms with Crippen LogP contribution in [0.1, 0.15) is 36.2 Å². The van der Waals surface area contributed by atoms with Gasteiger partial charge in [-0.15, -0.1) is 10.2 Å². The summed E-state index contributed by atoms with van der Waals surface area (Å²) >= 11 is 0. The van der Waals surface area contributed by atoms with Gasteiger partial charge in [0.2, 0.25) is 0 Å². The molecular formula is C24H29N5O. The van der Waals surface area contributed by atoms with Crippen LogP contribution in [0.15, 0.2) is 54.6 Å². The number of aromatic nitrogens is 3. The minimum atomic E-state index is 0.131. The monoisotopic (exact) mass is 403 g/mol. The Hall–Kier alpha value is -2.70. The van der Waals surface area contributed by atoms with Gasteiger partial charge >= 0.3 is 0 Å². The number of para-hydroxylation sites is 1. The van der Waals surface area contributed by atoms with Crippen LogP contribution in [0.5, 0.6) is 0 Å². The Kier molecular flexibility index (Phi) is 5.51. The second-order valence-electron chi connectivity index (χ2n) is 8.21. The van der Waals surface area contributed by atoms with Gasteiger partial charge in [-0.3, -0.25) is 4.90 Å². The van der Waals surface area contributed by atoms with Crippen molar-refractivity contribution in [3.05, 3.63) is 71.8 Å². The van der Waals surface area contributed by atoms with Crippen LogP contribution in [0.25, 0.3) is 0 Å². The Bertz CT molecular complexity index is 963. The van der Waals surface area contributed by atoms with Gasteiger partial charge in [0.1, 0.15) is 11.9 Å². The molecule has 1 atom stereocenters. The minimum Gasteiger partial charge on any atom is -0.370 e. The molecule has 0 aliphatic carbocycles. The number of nitrogens with zero attached hydrogens (tertiary/aromatic N) is 5. The molecule has 0 amide bonds. The highest BCUT2D eigenvalue weighted by molar-refractivity contribution is 5.62. The molecule has 0 bridgehead atoms. The van der Waals surface area contributed by atoms with Gasteiger partial charge in [0, 0.05) is 57.6 Å². The Morgan fingerprint density at radius 3 is 2.53 bits per heavy atom. The molecule has 2 aromatic carbocycles. The second kappa shape index (κ2) is 8.58. The third-order valence-electron chi connectivity index (χ3n) is 6.24. The maximum absolute atomic E-state index is 5.85. The van der Waals surface area contributed by atoms with Crippen molar-refractivity contribution < 1.29 is 4.74 Å². The molecular weight excluding hydrogens is 374 g/mol. The molecule has 3 aromatic rings. The Balaban J connectivity index is 1.22. The molecule has 0 radical (unpaired) electrons. The fourth-order valence-corrected chi connectivity index (χ4v) is 4.45. The van der Waals surface area contributed by atoms with Gasteiger partial charge in [-0.2, -0.15) is 0 Å². The fourth-order valence-electron chi connectivity index (χ4n) is 4.45. The summed E-state index contributed by atoms with van der Waals surface area (Å²) in [4.78, 5) is 4.73. The average molecular weight is 404 g/mol. The van der Waals surface area contributed by atoms with Crippen molar-refractivity contribution in [1.29, 1.82) is 0 Å². The van der Waals surface area contributed by atoms with Crippen molar-refractivity contribution in [3.8, 4) is 0 Å². The third kappa shape index (κ3) is 3.98. The van der Waals surface area contributed by atoms with Crippen LogP contribution < -0.4 is 4.90 Å². The van der Waals surface area contributed by atoms with Crippen molar-refractivity contribution in [2.75, 3.05) is 31.6 Å². The number of ether oxygens (including phenoxy) is 1. The highest BCUT2D eigenvalue weighted by atomic mass is 16.5. The molecule has 0 N–H and O–H groups in total. The summed E-state index contributed by atoms with van der Waals surface area (Å²) in [5, 5.41) is 8.91. The Labute approximate surface area is 178 Å². The normalized spacial score (nSPS) is 19.4. The lowest BCUT2D eigenvalue weighted by atomic mass is 10.1. The summed E-state index contributed by atoms with van der Waals surface area (Å²) in [6.45, 7) is 4.76. The van der Waals surface area contributed by atoms with E-state index in [1.165, 1.54) is 16.9 Å². The first-order valence-electron chi connectivity index (χ1n) is 10.9. The van der Waals surface area contributed by atoms with Crippen LogP contribution in [-0.2, 0) is 24.2 Å². The second-order valence-corrected chi connectivity index (χ2v) is 8.21. The average Bonchev–Trinajstić information content (AvgIpc) is 3.42. The smallest absolute Gasteiger partial charge is 0.162 e. The van der Waals surface area contributed by atoms with Gasteiger partial charge in [0.05, 0.1) is 0 Å². The zero-order valence-corrected chi connectivity index (χ0v) is 17.6.